The Morgan fingerprint density at radius 3 is 2.79 bits per heavy atom. The minimum Gasteiger partial charge on any atom is -0.491 e. The first kappa shape index (κ1) is 23.1. The van der Waals surface area contributed by atoms with Crippen molar-refractivity contribution in [3.63, 3.8) is 0 Å². The summed E-state index contributed by atoms with van der Waals surface area (Å²) in [5.41, 5.74) is 2.14. The van der Waals surface area contributed by atoms with Gasteiger partial charge in [0.15, 0.2) is 17.5 Å². The molecule has 1 atom stereocenters. The highest BCUT2D eigenvalue weighted by Crippen LogP contribution is 2.32. The van der Waals surface area contributed by atoms with Gasteiger partial charge in [0.1, 0.15) is 18.5 Å². The third kappa shape index (κ3) is 7.28. The van der Waals surface area contributed by atoms with E-state index in [1.54, 1.807) is 0 Å². The average molecular weight is 513 g/mol. The molecule has 0 fully saturated rings. The molecule has 0 spiro atoms. The molecule has 8 heteroatoms. The molecule has 1 unspecified atom stereocenters. The SMILES string of the molecule is CCNC(=NCc1ccc2c(c1)OCO2)NCC(O)COc1cccc(C)c1.I. The highest BCUT2D eigenvalue weighted by molar-refractivity contribution is 14.0. The summed E-state index contributed by atoms with van der Waals surface area (Å²) in [6.07, 6.45) is -0.657. The van der Waals surface area contributed by atoms with Crippen LogP contribution in [0.1, 0.15) is 18.1 Å². The van der Waals surface area contributed by atoms with E-state index in [2.05, 4.69) is 15.6 Å². The maximum absolute atomic E-state index is 10.2. The van der Waals surface area contributed by atoms with Gasteiger partial charge in [-0.2, -0.15) is 0 Å². The zero-order valence-electron chi connectivity index (χ0n) is 16.7. The number of rotatable bonds is 8. The van der Waals surface area contributed by atoms with Crippen LogP contribution < -0.4 is 24.8 Å². The molecule has 1 heterocycles. The Balaban J connectivity index is 0.00000300. The number of halogens is 1. The van der Waals surface area contributed by atoms with Gasteiger partial charge in [-0.15, -0.1) is 24.0 Å². The van der Waals surface area contributed by atoms with Crippen LogP contribution in [0.2, 0.25) is 0 Å². The fourth-order valence-electron chi connectivity index (χ4n) is 2.72. The number of nitrogens with zero attached hydrogens (tertiary/aromatic N) is 1. The summed E-state index contributed by atoms with van der Waals surface area (Å²) in [7, 11) is 0. The number of fused-ring (bicyclic) bond motifs is 1. The van der Waals surface area contributed by atoms with Gasteiger partial charge in [0.05, 0.1) is 6.54 Å². The van der Waals surface area contributed by atoms with Crippen molar-refractivity contribution < 1.29 is 19.3 Å². The van der Waals surface area contributed by atoms with Gasteiger partial charge in [0.25, 0.3) is 0 Å². The lowest BCUT2D eigenvalue weighted by atomic mass is 10.2. The second kappa shape index (κ2) is 11.7. The standard InChI is InChI=1S/C21H27N3O4.HI/c1-3-22-21(23-11-16-7-8-19-20(10-16)28-14-27-19)24-12-17(25)13-26-18-6-4-5-15(2)9-18;/h4-10,17,25H,3,11-14H2,1-2H3,(H2,22,23,24);1H. The van der Waals surface area contributed by atoms with Crippen molar-refractivity contribution >= 4 is 29.9 Å². The van der Waals surface area contributed by atoms with Crippen LogP contribution in [-0.2, 0) is 6.54 Å². The molecule has 1 aliphatic rings. The molecule has 0 bridgehead atoms. The average Bonchev–Trinajstić information content (AvgIpc) is 3.16. The summed E-state index contributed by atoms with van der Waals surface area (Å²) in [6.45, 7) is 6.01. The molecule has 7 nitrogen and oxygen atoms in total. The Labute approximate surface area is 188 Å². The molecule has 2 aromatic carbocycles. The molecule has 29 heavy (non-hydrogen) atoms. The van der Waals surface area contributed by atoms with E-state index in [1.807, 2.05) is 56.3 Å². The predicted molar refractivity (Wildman–Crippen MR) is 123 cm³/mol. The molecule has 0 aromatic heterocycles. The van der Waals surface area contributed by atoms with Crippen LogP contribution in [0.15, 0.2) is 47.5 Å². The third-order valence-electron chi connectivity index (χ3n) is 4.14. The molecule has 0 amide bonds. The van der Waals surface area contributed by atoms with Crippen molar-refractivity contribution in [1.82, 2.24) is 10.6 Å². The molecule has 1 aliphatic heterocycles. The molecule has 0 aliphatic carbocycles. The quantitative estimate of drug-likeness (QED) is 0.286. The topological polar surface area (TPSA) is 84.3 Å². The van der Waals surface area contributed by atoms with Gasteiger partial charge < -0.3 is 30.0 Å². The van der Waals surface area contributed by atoms with Gasteiger partial charge >= 0.3 is 0 Å². The normalized spacial score (nSPS) is 13.4. The van der Waals surface area contributed by atoms with E-state index in [4.69, 9.17) is 14.2 Å². The van der Waals surface area contributed by atoms with Crippen LogP contribution in [0.5, 0.6) is 17.2 Å². The summed E-state index contributed by atoms with van der Waals surface area (Å²) < 4.78 is 16.4. The first-order valence-electron chi connectivity index (χ1n) is 9.42. The number of ether oxygens (including phenoxy) is 3. The van der Waals surface area contributed by atoms with Crippen LogP contribution in [0, 0.1) is 6.92 Å². The Morgan fingerprint density at radius 2 is 2.00 bits per heavy atom. The monoisotopic (exact) mass is 513 g/mol. The van der Waals surface area contributed by atoms with E-state index in [9.17, 15) is 5.11 Å². The number of aliphatic hydroxyl groups excluding tert-OH is 1. The van der Waals surface area contributed by atoms with Gasteiger partial charge in [-0.25, -0.2) is 4.99 Å². The van der Waals surface area contributed by atoms with E-state index >= 15 is 0 Å². The minimum atomic E-state index is -0.657. The second-order valence-electron chi connectivity index (χ2n) is 6.55. The number of aliphatic imine (C=N–C) groups is 1. The first-order valence-corrected chi connectivity index (χ1v) is 9.42. The van der Waals surface area contributed by atoms with E-state index in [-0.39, 0.29) is 37.4 Å². The molecular weight excluding hydrogens is 485 g/mol. The lowest BCUT2D eigenvalue weighted by molar-refractivity contribution is 0.110. The summed E-state index contributed by atoms with van der Waals surface area (Å²) in [6, 6.07) is 13.5. The van der Waals surface area contributed by atoms with E-state index in [0.717, 1.165) is 34.9 Å². The number of guanidine groups is 1. The molecular formula is C21H28IN3O4. The predicted octanol–water partition coefficient (Wildman–Crippen LogP) is 2.84. The number of nitrogens with one attached hydrogen (secondary N) is 2. The van der Waals surface area contributed by atoms with Crippen LogP contribution >= 0.6 is 24.0 Å². The fraction of sp³-hybridized carbons (Fsp3) is 0.381. The lowest BCUT2D eigenvalue weighted by Crippen LogP contribution is -2.42. The highest BCUT2D eigenvalue weighted by Gasteiger charge is 2.13. The summed E-state index contributed by atoms with van der Waals surface area (Å²) in [4.78, 5) is 4.56. The largest absolute Gasteiger partial charge is 0.491 e. The summed E-state index contributed by atoms with van der Waals surface area (Å²) >= 11 is 0. The van der Waals surface area contributed by atoms with Crippen LogP contribution in [0.25, 0.3) is 0 Å². The molecule has 3 rings (SSSR count). The van der Waals surface area contributed by atoms with E-state index in [0.29, 0.717) is 19.0 Å². The zero-order chi connectivity index (χ0) is 19.8. The van der Waals surface area contributed by atoms with Crippen molar-refractivity contribution in [1.29, 1.82) is 0 Å². The molecule has 0 saturated heterocycles. The maximum atomic E-state index is 10.2. The van der Waals surface area contributed by atoms with E-state index < -0.39 is 6.10 Å². The van der Waals surface area contributed by atoms with Crippen molar-refractivity contribution in [3.8, 4) is 17.2 Å². The third-order valence-corrected chi connectivity index (χ3v) is 4.14. The number of aliphatic hydroxyl groups is 1. The Bertz CT molecular complexity index is 816. The fourth-order valence-corrected chi connectivity index (χ4v) is 2.72. The van der Waals surface area contributed by atoms with Gasteiger partial charge in [-0.3, -0.25) is 0 Å². The number of hydrogen-bond donors (Lipinski definition) is 3. The Hall–Kier alpha value is -2.20. The highest BCUT2D eigenvalue weighted by atomic mass is 127. The maximum Gasteiger partial charge on any atom is 0.231 e. The van der Waals surface area contributed by atoms with Gasteiger partial charge in [0.2, 0.25) is 6.79 Å². The summed E-state index contributed by atoms with van der Waals surface area (Å²) in [5, 5.41) is 16.5. The number of benzene rings is 2. The first-order chi connectivity index (χ1) is 13.6. The Kier molecular flexibility index (Phi) is 9.33. The molecule has 0 saturated carbocycles. The van der Waals surface area contributed by atoms with Gasteiger partial charge in [0, 0.05) is 13.1 Å². The molecule has 2 aromatic rings. The smallest absolute Gasteiger partial charge is 0.231 e. The van der Waals surface area contributed by atoms with Gasteiger partial charge in [-0.05, 0) is 49.2 Å². The second-order valence-corrected chi connectivity index (χ2v) is 6.55. The van der Waals surface area contributed by atoms with Crippen molar-refractivity contribution in [3.05, 3.63) is 53.6 Å². The van der Waals surface area contributed by atoms with Gasteiger partial charge in [-0.1, -0.05) is 18.2 Å². The lowest BCUT2D eigenvalue weighted by Gasteiger charge is -2.16. The summed E-state index contributed by atoms with van der Waals surface area (Å²) in [5.74, 6) is 2.89. The molecule has 3 N–H and O–H groups in total. The van der Waals surface area contributed by atoms with Crippen LogP contribution in [0.3, 0.4) is 0 Å². The number of aryl methyl sites for hydroxylation is 1. The van der Waals surface area contributed by atoms with Crippen molar-refractivity contribution in [2.75, 3.05) is 26.5 Å². The molecule has 0 radical (unpaired) electrons. The number of hydrogen-bond acceptors (Lipinski definition) is 5. The minimum absolute atomic E-state index is 0. The zero-order valence-corrected chi connectivity index (χ0v) is 19.0. The molecule has 158 valence electrons. The van der Waals surface area contributed by atoms with Crippen LogP contribution in [-0.4, -0.2) is 43.7 Å². The Morgan fingerprint density at radius 1 is 1.17 bits per heavy atom. The van der Waals surface area contributed by atoms with Crippen molar-refractivity contribution in [2.45, 2.75) is 26.5 Å². The van der Waals surface area contributed by atoms with Crippen molar-refractivity contribution in [2.24, 2.45) is 4.99 Å². The van der Waals surface area contributed by atoms with Crippen LogP contribution in [0.4, 0.5) is 0 Å². The van der Waals surface area contributed by atoms with E-state index in [1.165, 1.54) is 0 Å².